The van der Waals surface area contributed by atoms with Gasteiger partial charge in [-0.3, -0.25) is 4.79 Å². The van der Waals surface area contributed by atoms with Gasteiger partial charge >= 0.3 is 0 Å². The van der Waals surface area contributed by atoms with Crippen LogP contribution in [-0.2, 0) is 17.7 Å². The van der Waals surface area contributed by atoms with E-state index in [1.807, 2.05) is 19.1 Å². The molecule has 3 aromatic rings. The lowest BCUT2D eigenvalue weighted by atomic mass is 10.1. The van der Waals surface area contributed by atoms with Gasteiger partial charge in [0.1, 0.15) is 4.83 Å². The summed E-state index contributed by atoms with van der Waals surface area (Å²) in [6.07, 6.45) is 1.71. The fourth-order valence-corrected chi connectivity index (χ4v) is 5.14. The van der Waals surface area contributed by atoms with Gasteiger partial charge in [0.15, 0.2) is 0 Å². The quantitative estimate of drug-likeness (QED) is 0.573. The highest BCUT2D eigenvalue weighted by molar-refractivity contribution is 7.18. The third-order valence-corrected chi connectivity index (χ3v) is 6.43. The monoisotopic (exact) mass is 432 g/mol. The molecule has 0 spiro atoms. The number of fused-ring (bicyclic) bond motifs is 3. The molecule has 1 N–H and O–H groups in total. The number of ether oxygens (including phenoxy) is 1. The van der Waals surface area contributed by atoms with Crippen molar-refractivity contribution in [3.05, 3.63) is 50.1 Å². The fraction of sp³-hybridized carbons (Fsp3) is 0.429. The minimum Gasteiger partial charge on any atom is -0.382 e. The Balaban J connectivity index is 1.81. The third kappa shape index (κ3) is 4.19. The van der Waals surface area contributed by atoms with Crippen LogP contribution in [0.5, 0.6) is 0 Å². The lowest BCUT2D eigenvalue weighted by Gasteiger charge is -2.21. The molecule has 154 valence electrons. The molecule has 8 heteroatoms. The van der Waals surface area contributed by atoms with E-state index < -0.39 is 0 Å². The highest BCUT2D eigenvalue weighted by atomic mass is 35.5. The van der Waals surface area contributed by atoms with Crippen molar-refractivity contribution in [1.82, 2.24) is 14.5 Å². The molecule has 0 amide bonds. The summed E-state index contributed by atoms with van der Waals surface area (Å²) in [5, 5.41) is 4.67. The number of likely N-dealkylation sites (N-methyl/N-ethyl adjacent to an activating group) is 1. The summed E-state index contributed by atoms with van der Waals surface area (Å²) in [5.74, 6) is 0.549. The minimum atomic E-state index is -0.0355. The van der Waals surface area contributed by atoms with Crippen molar-refractivity contribution in [2.75, 3.05) is 38.7 Å². The van der Waals surface area contributed by atoms with E-state index >= 15 is 0 Å². The van der Waals surface area contributed by atoms with E-state index in [-0.39, 0.29) is 5.56 Å². The summed E-state index contributed by atoms with van der Waals surface area (Å²) >= 11 is 7.84. The van der Waals surface area contributed by atoms with Crippen molar-refractivity contribution < 1.29 is 4.74 Å². The molecule has 0 saturated heterocycles. The van der Waals surface area contributed by atoms with E-state index in [4.69, 9.17) is 21.3 Å². The molecule has 6 nitrogen and oxygen atoms in total. The van der Waals surface area contributed by atoms with Crippen LogP contribution in [0.15, 0.2) is 29.1 Å². The Labute approximate surface area is 179 Å². The van der Waals surface area contributed by atoms with Crippen molar-refractivity contribution in [3.63, 3.8) is 0 Å². The summed E-state index contributed by atoms with van der Waals surface area (Å²) < 4.78 is 7.07. The van der Waals surface area contributed by atoms with Crippen LogP contribution in [0.25, 0.3) is 15.9 Å². The van der Waals surface area contributed by atoms with Gasteiger partial charge in [-0.2, -0.15) is 0 Å². The number of aromatic nitrogens is 2. The second kappa shape index (κ2) is 8.83. The van der Waals surface area contributed by atoms with Crippen molar-refractivity contribution in [1.29, 1.82) is 0 Å². The lowest BCUT2D eigenvalue weighted by molar-refractivity contribution is 0.147. The van der Waals surface area contributed by atoms with Crippen LogP contribution < -0.4 is 10.9 Å². The molecule has 0 aliphatic carbocycles. The number of hydrogen-bond donors (Lipinski definition) is 1. The molecule has 3 heterocycles. The Hall–Kier alpha value is -1.93. The summed E-state index contributed by atoms with van der Waals surface area (Å²) in [7, 11) is 2.11. The van der Waals surface area contributed by atoms with Crippen LogP contribution in [0, 0.1) is 0 Å². The van der Waals surface area contributed by atoms with Gasteiger partial charge in [0.05, 0.1) is 11.1 Å². The normalized spacial score (nSPS) is 14.3. The number of nitrogens with one attached hydrogen (secondary N) is 1. The van der Waals surface area contributed by atoms with Gasteiger partial charge in [-0.25, -0.2) is 9.55 Å². The Morgan fingerprint density at radius 2 is 2.24 bits per heavy atom. The molecule has 0 fully saturated rings. The number of benzene rings is 1. The first-order valence-electron chi connectivity index (χ1n) is 9.92. The maximum atomic E-state index is 13.6. The first-order valence-corrected chi connectivity index (χ1v) is 11.1. The number of anilines is 1. The van der Waals surface area contributed by atoms with Crippen LogP contribution in [0.4, 0.5) is 5.95 Å². The molecule has 0 saturated carbocycles. The van der Waals surface area contributed by atoms with Crippen LogP contribution in [-0.4, -0.2) is 47.8 Å². The second-order valence-corrected chi connectivity index (χ2v) is 8.72. The highest BCUT2D eigenvalue weighted by Gasteiger charge is 2.24. The number of hydrogen-bond acceptors (Lipinski definition) is 6. The summed E-state index contributed by atoms with van der Waals surface area (Å²) in [4.78, 5) is 22.8. The van der Waals surface area contributed by atoms with E-state index in [0.717, 1.165) is 47.4 Å². The number of halogens is 1. The van der Waals surface area contributed by atoms with Crippen molar-refractivity contribution in [2.24, 2.45) is 0 Å². The molecule has 0 atom stereocenters. The zero-order chi connectivity index (χ0) is 20.4. The standard InChI is InChI=1S/C21H25ClN4O2S/c1-3-28-11-5-9-23-21-24-19-18(16-8-10-25(2)13-17(16)29-19)20(27)26(21)15-7-4-6-14(22)12-15/h4,6-7,12H,3,5,8-11,13H2,1-2H3,(H,23,24). The predicted octanol–water partition coefficient (Wildman–Crippen LogP) is 3.93. The molecule has 0 radical (unpaired) electrons. The molecular formula is C21H25ClN4O2S. The average molecular weight is 433 g/mol. The Kier molecular flexibility index (Phi) is 6.20. The minimum absolute atomic E-state index is 0.0355. The molecule has 0 unspecified atom stereocenters. The van der Waals surface area contributed by atoms with Gasteiger partial charge in [0.2, 0.25) is 5.95 Å². The third-order valence-electron chi connectivity index (χ3n) is 5.08. The average Bonchev–Trinajstić information content (AvgIpc) is 3.05. The number of rotatable bonds is 7. The van der Waals surface area contributed by atoms with Crippen molar-refractivity contribution >= 4 is 39.1 Å². The zero-order valence-corrected chi connectivity index (χ0v) is 18.3. The van der Waals surface area contributed by atoms with Crippen LogP contribution in [0.1, 0.15) is 23.8 Å². The maximum Gasteiger partial charge on any atom is 0.268 e. The molecule has 1 aromatic carbocycles. The van der Waals surface area contributed by atoms with E-state index in [1.165, 1.54) is 4.88 Å². The molecule has 1 aliphatic rings. The molecule has 1 aliphatic heterocycles. The maximum absolute atomic E-state index is 13.6. The van der Waals surface area contributed by atoms with Gasteiger partial charge in [-0.1, -0.05) is 17.7 Å². The molecule has 29 heavy (non-hydrogen) atoms. The van der Waals surface area contributed by atoms with Crippen molar-refractivity contribution in [3.8, 4) is 5.69 Å². The Morgan fingerprint density at radius 1 is 1.38 bits per heavy atom. The smallest absolute Gasteiger partial charge is 0.268 e. The van der Waals surface area contributed by atoms with Gasteiger partial charge in [-0.05, 0) is 50.6 Å². The van der Waals surface area contributed by atoms with E-state index in [9.17, 15) is 4.79 Å². The van der Waals surface area contributed by atoms with Crippen LogP contribution >= 0.6 is 22.9 Å². The topological polar surface area (TPSA) is 59.4 Å². The summed E-state index contributed by atoms with van der Waals surface area (Å²) in [6, 6.07) is 7.35. The molecular weight excluding hydrogens is 408 g/mol. The molecule has 4 rings (SSSR count). The largest absolute Gasteiger partial charge is 0.382 e. The van der Waals surface area contributed by atoms with Gasteiger partial charge < -0.3 is 15.0 Å². The number of thiophene rings is 1. The van der Waals surface area contributed by atoms with Gasteiger partial charge in [0.25, 0.3) is 5.56 Å². The van der Waals surface area contributed by atoms with Crippen LogP contribution in [0.2, 0.25) is 5.02 Å². The van der Waals surface area contributed by atoms with Gasteiger partial charge in [-0.15, -0.1) is 11.3 Å². The summed E-state index contributed by atoms with van der Waals surface area (Å²) in [5.41, 5.74) is 1.84. The summed E-state index contributed by atoms with van der Waals surface area (Å²) in [6.45, 7) is 5.85. The first-order chi connectivity index (χ1) is 14.1. The van der Waals surface area contributed by atoms with E-state index in [1.54, 1.807) is 28.0 Å². The fourth-order valence-electron chi connectivity index (χ4n) is 3.66. The Bertz CT molecular complexity index is 1080. The second-order valence-electron chi connectivity index (χ2n) is 7.20. The lowest BCUT2D eigenvalue weighted by Crippen LogP contribution is -2.27. The van der Waals surface area contributed by atoms with Gasteiger partial charge in [0, 0.05) is 42.7 Å². The van der Waals surface area contributed by atoms with Crippen molar-refractivity contribution in [2.45, 2.75) is 26.3 Å². The van der Waals surface area contributed by atoms with E-state index in [2.05, 4.69) is 17.3 Å². The number of nitrogens with zero attached hydrogens (tertiary/aromatic N) is 3. The molecule has 0 bridgehead atoms. The van der Waals surface area contributed by atoms with E-state index in [0.29, 0.717) is 30.7 Å². The Morgan fingerprint density at radius 3 is 3.03 bits per heavy atom. The zero-order valence-electron chi connectivity index (χ0n) is 16.7. The highest BCUT2D eigenvalue weighted by Crippen LogP contribution is 2.33. The van der Waals surface area contributed by atoms with Crippen LogP contribution in [0.3, 0.4) is 0 Å². The SMILES string of the molecule is CCOCCCNc1nc2sc3c(c2c(=O)n1-c1cccc(Cl)c1)CCN(C)C3. The predicted molar refractivity (Wildman–Crippen MR) is 120 cm³/mol. The first kappa shape index (κ1) is 20.3. The molecule has 2 aromatic heterocycles.